The fourth-order valence-corrected chi connectivity index (χ4v) is 1.36. The van der Waals surface area contributed by atoms with Crippen LogP contribution in [-0.2, 0) is 0 Å². The van der Waals surface area contributed by atoms with Crippen molar-refractivity contribution in [2.24, 2.45) is 0 Å². The van der Waals surface area contributed by atoms with Crippen LogP contribution in [0.15, 0.2) is 18.2 Å². The second kappa shape index (κ2) is 4.73. The number of phenolic OH excluding ortho intramolecular Hbond substituents is 1. The lowest BCUT2D eigenvalue weighted by molar-refractivity contribution is -0.274. The first-order valence-corrected chi connectivity index (χ1v) is 5.14. The standard InChI is InChI=1S/C9H6BrF3O3/c10-4-6(15)8-5(14)2-1-3-7(8)16-9(11,12)13/h1-3,14H,4H2. The van der Waals surface area contributed by atoms with Crippen LogP contribution in [0, 0.1) is 0 Å². The number of hydrogen-bond donors (Lipinski definition) is 1. The molecule has 0 aliphatic rings. The fourth-order valence-electron chi connectivity index (χ4n) is 1.08. The molecule has 0 saturated heterocycles. The summed E-state index contributed by atoms with van der Waals surface area (Å²) in [5.41, 5.74) is -0.489. The molecule has 0 atom stereocenters. The van der Waals surface area contributed by atoms with E-state index in [0.717, 1.165) is 18.2 Å². The van der Waals surface area contributed by atoms with E-state index < -0.39 is 29.2 Å². The third-order valence-corrected chi connectivity index (χ3v) is 2.14. The van der Waals surface area contributed by atoms with Crippen molar-refractivity contribution < 1.29 is 27.8 Å². The zero-order valence-electron chi connectivity index (χ0n) is 7.71. The number of carbonyl (C=O) groups is 1. The fraction of sp³-hybridized carbons (Fsp3) is 0.222. The molecule has 0 radical (unpaired) electrons. The topological polar surface area (TPSA) is 46.5 Å². The van der Waals surface area contributed by atoms with Crippen LogP contribution >= 0.6 is 15.9 Å². The number of benzene rings is 1. The summed E-state index contributed by atoms with van der Waals surface area (Å²) in [5, 5.41) is 9.09. The van der Waals surface area contributed by atoms with Gasteiger partial charge in [0.05, 0.1) is 5.33 Å². The Kier molecular flexibility index (Phi) is 3.79. The van der Waals surface area contributed by atoms with E-state index in [1.165, 1.54) is 0 Å². The van der Waals surface area contributed by atoms with Crippen molar-refractivity contribution in [2.45, 2.75) is 6.36 Å². The smallest absolute Gasteiger partial charge is 0.507 e. The third kappa shape index (κ3) is 3.13. The molecular formula is C9H6BrF3O3. The van der Waals surface area contributed by atoms with Crippen molar-refractivity contribution in [3.8, 4) is 11.5 Å². The molecule has 3 nitrogen and oxygen atoms in total. The highest BCUT2D eigenvalue weighted by Crippen LogP contribution is 2.32. The van der Waals surface area contributed by atoms with E-state index in [1.54, 1.807) is 0 Å². The molecular weight excluding hydrogens is 293 g/mol. The van der Waals surface area contributed by atoms with Crippen LogP contribution in [0.4, 0.5) is 13.2 Å². The monoisotopic (exact) mass is 298 g/mol. The van der Waals surface area contributed by atoms with Crippen molar-refractivity contribution in [1.82, 2.24) is 0 Å². The Bertz CT molecular complexity index is 403. The molecule has 0 saturated carbocycles. The zero-order chi connectivity index (χ0) is 12.3. The summed E-state index contributed by atoms with van der Waals surface area (Å²) in [6.07, 6.45) is -4.91. The van der Waals surface area contributed by atoms with Crippen LogP contribution in [0.2, 0.25) is 0 Å². The van der Waals surface area contributed by atoms with E-state index in [4.69, 9.17) is 0 Å². The zero-order valence-corrected chi connectivity index (χ0v) is 9.30. The molecule has 0 aromatic heterocycles. The molecule has 1 aromatic rings. The lowest BCUT2D eigenvalue weighted by Gasteiger charge is -2.12. The van der Waals surface area contributed by atoms with Crippen LogP contribution in [-0.4, -0.2) is 22.6 Å². The summed E-state index contributed by atoms with van der Waals surface area (Å²) in [4.78, 5) is 11.3. The Morgan fingerprint density at radius 3 is 2.56 bits per heavy atom. The van der Waals surface area contributed by atoms with Gasteiger partial charge in [-0.1, -0.05) is 22.0 Å². The molecule has 7 heteroatoms. The quantitative estimate of drug-likeness (QED) is 0.689. The Morgan fingerprint density at radius 1 is 1.44 bits per heavy atom. The molecule has 0 spiro atoms. The summed E-state index contributed by atoms with van der Waals surface area (Å²) < 4.78 is 39.6. The van der Waals surface area contributed by atoms with Gasteiger partial charge in [-0.15, -0.1) is 13.2 Å². The highest BCUT2D eigenvalue weighted by molar-refractivity contribution is 9.09. The molecule has 1 N–H and O–H groups in total. The third-order valence-electron chi connectivity index (χ3n) is 1.63. The molecule has 1 aromatic carbocycles. The molecule has 0 fully saturated rings. The van der Waals surface area contributed by atoms with Gasteiger partial charge in [-0.2, -0.15) is 0 Å². The van der Waals surface area contributed by atoms with Gasteiger partial charge in [-0.3, -0.25) is 4.79 Å². The van der Waals surface area contributed by atoms with Gasteiger partial charge in [0.15, 0.2) is 5.78 Å². The summed E-state index contributed by atoms with van der Waals surface area (Å²) in [5.74, 6) is -1.96. The first-order valence-electron chi connectivity index (χ1n) is 4.02. The minimum Gasteiger partial charge on any atom is -0.507 e. The number of halogens is 4. The average molecular weight is 299 g/mol. The molecule has 88 valence electrons. The molecule has 0 heterocycles. The minimum absolute atomic E-state index is 0.210. The summed E-state index contributed by atoms with van der Waals surface area (Å²) in [7, 11) is 0. The Labute approximate surface area is 97.0 Å². The number of alkyl halides is 4. The SMILES string of the molecule is O=C(CBr)c1c(O)cccc1OC(F)(F)F. The second-order valence-corrected chi connectivity index (χ2v) is 3.32. The van der Waals surface area contributed by atoms with Gasteiger partial charge in [-0.05, 0) is 12.1 Å². The Hall–Kier alpha value is -1.24. The highest BCUT2D eigenvalue weighted by Gasteiger charge is 2.33. The number of rotatable bonds is 3. The van der Waals surface area contributed by atoms with Crippen LogP contribution < -0.4 is 4.74 Å². The van der Waals surface area contributed by atoms with Gasteiger partial charge in [0.2, 0.25) is 0 Å². The van der Waals surface area contributed by atoms with Crippen molar-refractivity contribution >= 4 is 21.7 Å². The largest absolute Gasteiger partial charge is 0.573 e. The lowest BCUT2D eigenvalue weighted by atomic mass is 10.1. The van der Waals surface area contributed by atoms with Gasteiger partial charge in [0, 0.05) is 0 Å². The molecule has 0 aliphatic heterocycles. The Balaban J connectivity index is 3.18. The summed E-state index contributed by atoms with van der Waals surface area (Å²) in [6.45, 7) is 0. The van der Waals surface area contributed by atoms with Crippen molar-refractivity contribution in [1.29, 1.82) is 0 Å². The number of ether oxygens (including phenoxy) is 1. The van der Waals surface area contributed by atoms with Crippen LogP contribution in [0.5, 0.6) is 11.5 Å². The van der Waals surface area contributed by atoms with E-state index in [0.29, 0.717) is 0 Å². The van der Waals surface area contributed by atoms with E-state index in [9.17, 15) is 23.1 Å². The average Bonchev–Trinajstić information content (AvgIpc) is 2.14. The van der Waals surface area contributed by atoms with Crippen LogP contribution in [0.3, 0.4) is 0 Å². The molecule has 0 amide bonds. The number of carbonyl (C=O) groups excluding carboxylic acids is 1. The predicted octanol–water partition coefficient (Wildman–Crippen LogP) is 2.87. The number of phenols is 1. The summed E-state index contributed by atoms with van der Waals surface area (Å²) >= 11 is 2.80. The lowest BCUT2D eigenvalue weighted by Crippen LogP contribution is -2.19. The molecule has 0 aliphatic carbocycles. The van der Waals surface area contributed by atoms with E-state index in [-0.39, 0.29) is 5.33 Å². The maximum atomic E-state index is 12.0. The van der Waals surface area contributed by atoms with Crippen molar-refractivity contribution in [3.63, 3.8) is 0 Å². The maximum Gasteiger partial charge on any atom is 0.573 e. The number of aromatic hydroxyl groups is 1. The molecule has 16 heavy (non-hydrogen) atoms. The van der Waals surface area contributed by atoms with Gasteiger partial charge in [0.1, 0.15) is 17.1 Å². The van der Waals surface area contributed by atoms with E-state index >= 15 is 0 Å². The normalized spacial score (nSPS) is 11.2. The predicted molar refractivity (Wildman–Crippen MR) is 52.9 cm³/mol. The highest BCUT2D eigenvalue weighted by atomic mass is 79.9. The maximum absolute atomic E-state index is 12.0. The molecule has 0 unspecified atom stereocenters. The van der Waals surface area contributed by atoms with Gasteiger partial charge in [-0.25, -0.2) is 0 Å². The minimum atomic E-state index is -4.91. The van der Waals surface area contributed by atoms with Crippen molar-refractivity contribution in [3.05, 3.63) is 23.8 Å². The Morgan fingerprint density at radius 2 is 2.06 bits per heavy atom. The molecule has 1 rings (SSSR count). The van der Waals surface area contributed by atoms with Crippen LogP contribution in [0.1, 0.15) is 10.4 Å². The summed E-state index contributed by atoms with van der Waals surface area (Å²) in [6, 6.07) is 3.23. The number of Topliss-reactive ketones (excluding diaryl/α,β-unsaturated/α-hetero) is 1. The van der Waals surface area contributed by atoms with E-state index in [1.807, 2.05) is 0 Å². The van der Waals surface area contributed by atoms with Crippen LogP contribution in [0.25, 0.3) is 0 Å². The van der Waals surface area contributed by atoms with Gasteiger partial charge >= 0.3 is 6.36 Å². The molecule has 0 bridgehead atoms. The van der Waals surface area contributed by atoms with E-state index in [2.05, 4.69) is 20.7 Å². The second-order valence-electron chi connectivity index (χ2n) is 2.75. The first kappa shape index (κ1) is 12.8. The number of hydrogen-bond acceptors (Lipinski definition) is 3. The first-order chi connectivity index (χ1) is 7.35. The van der Waals surface area contributed by atoms with Crippen molar-refractivity contribution in [2.75, 3.05) is 5.33 Å². The number of ketones is 1. The van der Waals surface area contributed by atoms with Gasteiger partial charge in [0.25, 0.3) is 0 Å². The van der Waals surface area contributed by atoms with Gasteiger partial charge < -0.3 is 9.84 Å².